The van der Waals surface area contributed by atoms with Gasteiger partial charge in [-0.1, -0.05) is 330 Å². The van der Waals surface area contributed by atoms with E-state index in [0.717, 1.165) is 18.3 Å². The van der Waals surface area contributed by atoms with Crippen LogP contribution in [0.5, 0.6) is 0 Å². The summed E-state index contributed by atoms with van der Waals surface area (Å²) in [5.74, 6) is 2.21. The minimum Gasteiger partial charge on any atom is -0.0654 e. The zero-order valence-electron chi connectivity index (χ0n) is 72.5. The number of rotatable bonds is 16. The minimum absolute atomic E-state index is 0.274. The smallest absolute Gasteiger partial charge is 0.0129 e. The molecule has 0 aliphatic heterocycles. The van der Waals surface area contributed by atoms with Crippen molar-refractivity contribution in [1.29, 1.82) is 0 Å². The lowest BCUT2D eigenvalue weighted by Crippen LogP contribution is -2.13. The van der Waals surface area contributed by atoms with Crippen molar-refractivity contribution in [3.05, 3.63) is 314 Å². The van der Waals surface area contributed by atoms with Crippen LogP contribution in [0.1, 0.15) is 291 Å². The molecule has 0 fully saturated rings. The van der Waals surface area contributed by atoms with Crippen LogP contribution < -0.4 is 0 Å². The van der Waals surface area contributed by atoms with E-state index in [9.17, 15) is 0 Å². The Labute approximate surface area is 638 Å². The van der Waals surface area contributed by atoms with Crippen molar-refractivity contribution in [2.45, 2.75) is 316 Å². The third-order valence-corrected chi connectivity index (χ3v) is 19.3. The summed E-state index contributed by atoms with van der Waals surface area (Å²) in [7, 11) is 0. The van der Waals surface area contributed by atoms with Crippen LogP contribution in [0.4, 0.5) is 0 Å². The van der Waals surface area contributed by atoms with Crippen molar-refractivity contribution in [1.82, 2.24) is 0 Å². The van der Waals surface area contributed by atoms with Crippen LogP contribution in [0.25, 0.3) is 0 Å². The van der Waals surface area contributed by atoms with Crippen LogP contribution in [0.15, 0.2) is 164 Å². The second-order valence-electron chi connectivity index (χ2n) is 32.4. The summed E-state index contributed by atoms with van der Waals surface area (Å²) >= 11 is 0. The van der Waals surface area contributed by atoms with Crippen LogP contribution >= 0.6 is 0 Å². The van der Waals surface area contributed by atoms with E-state index in [2.05, 4.69) is 385 Å². The maximum atomic E-state index is 2.32. The van der Waals surface area contributed by atoms with Gasteiger partial charge in [0.1, 0.15) is 0 Å². The molecule has 9 aromatic carbocycles. The van der Waals surface area contributed by atoms with Gasteiger partial charge in [-0.3, -0.25) is 0 Å². The topological polar surface area (TPSA) is 0 Å². The normalized spacial score (nSPS) is 10.5. The number of unbranched alkanes of at least 4 members (excludes halogenated alkanes) is 3. The second kappa shape index (κ2) is 50.4. The molecular formula is C103H152. The third kappa shape index (κ3) is 40.2. The molecule has 0 atom stereocenters. The second-order valence-corrected chi connectivity index (χ2v) is 32.4. The van der Waals surface area contributed by atoms with Crippen molar-refractivity contribution in [2.75, 3.05) is 0 Å². The molecule has 0 spiro atoms. The van der Waals surface area contributed by atoms with Gasteiger partial charge < -0.3 is 0 Å². The Morgan fingerprint density at radius 3 is 0.883 bits per heavy atom. The third-order valence-electron chi connectivity index (χ3n) is 19.3. The molecule has 103 heavy (non-hydrogen) atoms. The van der Waals surface area contributed by atoms with Crippen LogP contribution in [0.3, 0.4) is 0 Å². The average Bonchev–Trinajstić information content (AvgIpc) is 0.832. The van der Waals surface area contributed by atoms with Crippen molar-refractivity contribution in [2.24, 2.45) is 11.8 Å². The first-order chi connectivity index (χ1) is 48.3. The summed E-state index contributed by atoms with van der Waals surface area (Å²) in [5.41, 5.74) is 38.7. The lowest BCUT2D eigenvalue weighted by Gasteiger charge is -2.22. The average molecular weight is 1390 g/mol. The Kier molecular flexibility index (Phi) is 46.0. The van der Waals surface area contributed by atoms with E-state index in [1.54, 1.807) is 0 Å². The summed E-state index contributed by atoms with van der Waals surface area (Å²) in [5, 5.41) is 0. The molecule has 0 aliphatic carbocycles. The number of hydrogen-bond acceptors (Lipinski definition) is 0. The standard InChI is InChI=1S/2C13H20.3C12H18.2C11H16.C10H14.C9H12/c1-10(2)5-8-13-9-11(3)6-7-12(13)4;1-4-5-6-7-13-10-11(2)8-9-12(13)3;1-9-6-7-10(2)11(8-9)12(3,4)5;1-9(2)7-12-8-10(3)5-6-11(12)4;1-4-5-6-12-9-10(2)7-8-11(12)3;1-8(2)11-7-9(3)5-6-10(11)4;1-4-5-11-8-9(2)6-7-10(11)3;1-4-10-7-8(2)5-6-9(10)3;1-7-4-5-8(2)9(3)6-7/h6-7,9-10H,5,8H2,1-4H3;8-10H,4-7H2,1-3H3;6-8H,1-5H3;5-6,8-9H,7H2,1-4H3;7-9H,4-6H2,1-3H3;5-8H,1-4H3;6-8H,4-5H2,1-3H3;5-7H,4H2,1-3H3;4-6H,1-3H3. The summed E-state index contributed by atoms with van der Waals surface area (Å²) in [6.07, 6.45) is 16.4. The van der Waals surface area contributed by atoms with Gasteiger partial charge in [-0.25, -0.2) is 0 Å². The van der Waals surface area contributed by atoms with Gasteiger partial charge in [0.25, 0.3) is 0 Å². The predicted molar refractivity (Wildman–Crippen MR) is 468 cm³/mol. The van der Waals surface area contributed by atoms with E-state index in [1.807, 2.05) is 0 Å². The molecule has 0 nitrogen and oxygen atoms in total. The van der Waals surface area contributed by atoms with Gasteiger partial charge in [0.15, 0.2) is 0 Å². The molecule has 0 N–H and O–H groups in total. The Morgan fingerprint density at radius 1 is 0.252 bits per heavy atom. The van der Waals surface area contributed by atoms with Crippen molar-refractivity contribution < 1.29 is 0 Å². The molecule has 9 rings (SSSR count). The highest BCUT2D eigenvalue weighted by atomic mass is 14.2. The van der Waals surface area contributed by atoms with E-state index in [1.165, 1.54) is 227 Å². The molecule has 0 bridgehead atoms. The molecule has 0 heterocycles. The molecule has 0 heteroatoms. The van der Waals surface area contributed by atoms with Crippen LogP contribution in [-0.2, 0) is 43.9 Å². The minimum atomic E-state index is 0.274. The van der Waals surface area contributed by atoms with Crippen molar-refractivity contribution in [3.63, 3.8) is 0 Å². The number of benzene rings is 9. The zero-order chi connectivity index (χ0) is 78.1. The van der Waals surface area contributed by atoms with E-state index < -0.39 is 0 Å². The molecule has 0 aromatic heterocycles. The molecule has 0 saturated carbocycles. The van der Waals surface area contributed by atoms with Crippen LogP contribution in [0, 0.1) is 143 Å². The maximum Gasteiger partial charge on any atom is -0.0129 e. The molecular weight excluding hydrogens is 1240 g/mol. The van der Waals surface area contributed by atoms with Crippen molar-refractivity contribution >= 4 is 0 Å². The first kappa shape index (κ1) is 94.0. The van der Waals surface area contributed by atoms with E-state index in [-0.39, 0.29) is 5.41 Å². The summed E-state index contributed by atoms with van der Waals surface area (Å²) in [4.78, 5) is 0. The Balaban J connectivity index is 0.000000580. The van der Waals surface area contributed by atoms with E-state index >= 15 is 0 Å². The van der Waals surface area contributed by atoms with Gasteiger partial charge in [-0.2, -0.15) is 0 Å². The monoisotopic (exact) mass is 1390 g/mol. The van der Waals surface area contributed by atoms with Gasteiger partial charge in [-0.15, -0.1) is 0 Å². The van der Waals surface area contributed by atoms with Gasteiger partial charge in [0.05, 0.1) is 0 Å². The largest absolute Gasteiger partial charge is 0.0654 e. The van der Waals surface area contributed by atoms with Gasteiger partial charge in [0, 0.05) is 0 Å². The highest BCUT2D eigenvalue weighted by molar-refractivity contribution is 5.38. The Morgan fingerprint density at radius 2 is 0.563 bits per heavy atom. The fourth-order valence-electron chi connectivity index (χ4n) is 12.4. The maximum absolute atomic E-state index is 2.32. The molecule has 0 amide bonds. The molecule has 9 aromatic rings. The Hall–Kier alpha value is -7.02. The van der Waals surface area contributed by atoms with Gasteiger partial charge in [-0.05, 0) is 313 Å². The quantitative estimate of drug-likeness (QED) is 0.0846. The van der Waals surface area contributed by atoms with Gasteiger partial charge in [0.2, 0.25) is 0 Å². The fraction of sp³-hybridized carbons (Fsp3) is 0.476. The van der Waals surface area contributed by atoms with Gasteiger partial charge >= 0.3 is 0 Å². The molecule has 0 saturated heterocycles. The molecule has 0 aliphatic rings. The summed E-state index contributed by atoms with van der Waals surface area (Å²) in [6, 6.07) is 60.0. The van der Waals surface area contributed by atoms with E-state index in [0.29, 0.717) is 5.92 Å². The summed E-state index contributed by atoms with van der Waals surface area (Å²) < 4.78 is 0. The van der Waals surface area contributed by atoms with Crippen LogP contribution in [-0.4, -0.2) is 0 Å². The number of aryl methyl sites for hydroxylation is 24. The number of hydrogen-bond donors (Lipinski definition) is 0. The molecule has 0 unspecified atom stereocenters. The first-order valence-corrected chi connectivity index (χ1v) is 39.9. The predicted octanol–water partition coefficient (Wildman–Crippen LogP) is 30.8. The fourth-order valence-corrected chi connectivity index (χ4v) is 12.4. The molecule has 0 radical (unpaired) electrons. The first-order valence-electron chi connectivity index (χ1n) is 39.9. The summed E-state index contributed by atoms with van der Waals surface area (Å²) in [6.45, 7) is 70.4. The molecule has 564 valence electrons. The van der Waals surface area contributed by atoms with Crippen LogP contribution in [0.2, 0.25) is 0 Å². The van der Waals surface area contributed by atoms with Crippen molar-refractivity contribution in [3.8, 4) is 0 Å². The van der Waals surface area contributed by atoms with E-state index in [4.69, 9.17) is 0 Å². The zero-order valence-corrected chi connectivity index (χ0v) is 72.5. The SMILES string of the molecule is CCCCCc1cc(C)ccc1C.CCCCc1cc(C)ccc1C.CCCc1cc(C)ccc1C.CCc1cc(C)ccc1C.Cc1ccc(C)c(C(C)(C)C)c1.Cc1ccc(C)c(C(C)C)c1.Cc1ccc(C)c(C)c1.Cc1ccc(C)c(CC(C)C)c1.Cc1ccc(C)c(CCC(C)C)c1. The Bertz CT molecular complexity index is 3820. The highest BCUT2D eigenvalue weighted by Gasteiger charge is 2.16. The highest BCUT2D eigenvalue weighted by Crippen LogP contribution is 2.27. The lowest BCUT2D eigenvalue weighted by molar-refractivity contribution is 0.585. The lowest BCUT2D eigenvalue weighted by atomic mass is 9.83.